The van der Waals surface area contributed by atoms with Crippen LogP contribution < -0.4 is 10.5 Å². The smallest absolute Gasteiger partial charge is 0.417 e. The molecule has 2 rings (SSSR count). The van der Waals surface area contributed by atoms with Gasteiger partial charge in [0.25, 0.3) is 0 Å². The highest BCUT2D eigenvalue weighted by atomic mass is 19.4. The van der Waals surface area contributed by atoms with Gasteiger partial charge >= 0.3 is 6.18 Å². The van der Waals surface area contributed by atoms with E-state index in [9.17, 15) is 13.2 Å². The van der Waals surface area contributed by atoms with E-state index in [-0.39, 0.29) is 12.4 Å². The van der Waals surface area contributed by atoms with Crippen LogP contribution in [0, 0.1) is 11.3 Å². The van der Waals surface area contributed by atoms with Crippen molar-refractivity contribution in [3.8, 4) is 11.8 Å². The second-order valence-corrected chi connectivity index (χ2v) is 5.53. The molecule has 1 fully saturated rings. The molecular formula is C15H17F3N2O. The highest BCUT2D eigenvalue weighted by Crippen LogP contribution is 2.34. The molecule has 0 heterocycles. The van der Waals surface area contributed by atoms with Gasteiger partial charge in [-0.3, -0.25) is 0 Å². The van der Waals surface area contributed by atoms with Gasteiger partial charge in [-0.1, -0.05) is 19.3 Å². The SMILES string of the molecule is N#Cc1ccc(OCC2(N)CCCCC2)cc1C(F)(F)F. The Morgan fingerprint density at radius 2 is 1.90 bits per heavy atom. The van der Waals surface area contributed by atoms with Crippen molar-refractivity contribution in [2.45, 2.75) is 43.8 Å². The lowest BCUT2D eigenvalue weighted by Crippen LogP contribution is -2.47. The predicted molar refractivity (Wildman–Crippen MR) is 71.7 cm³/mol. The molecule has 0 spiro atoms. The molecule has 1 saturated carbocycles. The highest BCUT2D eigenvalue weighted by molar-refractivity contribution is 5.44. The second kappa shape index (κ2) is 5.94. The van der Waals surface area contributed by atoms with Crippen LogP contribution >= 0.6 is 0 Å². The van der Waals surface area contributed by atoms with Gasteiger partial charge < -0.3 is 10.5 Å². The maximum Gasteiger partial charge on any atom is 0.417 e. The van der Waals surface area contributed by atoms with Crippen LogP contribution in [0.15, 0.2) is 18.2 Å². The molecule has 0 bridgehead atoms. The molecule has 2 N–H and O–H groups in total. The fourth-order valence-electron chi connectivity index (χ4n) is 2.57. The number of rotatable bonds is 3. The van der Waals surface area contributed by atoms with E-state index in [1.807, 2.05) is 0 Å². The van der Waals surface area contributed by atoms with Gasteiger partial charge in [-0.25, -0.2) is 0 Å². The van der Waals surface area contributed by atoms with Gasteiger partial charge in [0.1, 0.15) is 12.4 Å². The maximum absolute atomic E-state index is 12.9. The first kappa shape index (κ1) is 15.6. The lowest BCUT2D eigenvalue weighted by molar-refractivity contribution is -0.137. The van der Waals surface area contributed by atoms with E-state index < -0.39 is 22.8 Å². The fourth-order valence-corrected chi connectivity index (χ4v) is 2.57. The van der Waals surface area contributed by atoms with Gasteiger partial charge in [0, 0.05) is 0 Å². The average Bonchev–Trinajstić information content (AvgIpc) is 2.45. The Labute approximate surface area is 121 Å². The molecular weight excluding hydrogens is 281 g/mol. The first-order chi connectivity index (χ1) is 9.84. The average molecular weight is 298 g/mol. The number of hydrogen-bond donors (Lipinski definition) is 1. The number of nitrogens with zero attached hydrogens (tertiary/aromatic N) is 1. The molecule has 0 saturated heterocycles. The minimum Gasteiger partial charge on any atom is -0.492 e. The Morgan fingerprint density at radius 3 is 2.48 bits per heavy atom. The van der Waals surface area contributed by atoms with E-state index in [4.69, 9.17) is 15.7 Å². The van der Waals surface area contributed by atoms with Gasteiger partial charge in [0.2, 0.25) is 0 Å². The summed E-state index contributed by atoms with van der Waals surface area (Å²) in [5, 5.41) is 8.74. The molecule has 6 heteroatoms. The summed E-state index contributed by atoms with van der Waals surface area (Å²) in [7, 11) is 0. The molecule has 0 unspecified atom stereocenters. The summed E-state index contributed by atoms with van der Waals surface area (Å²) in [6.07, 6.45) is 0.219. The largest absolute Gasteiger partial charge is 0.492 e. The van der Waals surface area contributed by atoms with Crippen LogP contribution in [0.4, 0.5) is 13.2 Å². The summed E-state index contributed by atoms with van der Waals surface area (Å²) in [4.78, 5) is 0. The first-order valence-electron chi connectivity index (χ1n) is 6.87. The molecule has 1 aromatic carbocycles. The summed E-state index contributed by atoms with van der Waals surface area (Å²) in [5.74, 6) is 0.0942. The van der Waals surface area contributed by atoms with Gasteiger partial charge in [0.15, 0.2) is 0 Å². The van der Waals surface area contributed by atoms with Gasteiger partial charge in [-0.2, -0.15) is 18.4 Å². The summed E-state index contributed by atoms with van der Waals surface area (Å²) < 4.78 is 44.0. The van der Waals surface area contributed by atoms with Crippen molar-refractivity contribution in [3.63, 3.8) is 0 Å². The number of alkyl halides is 3. The number of benzene rings is 1. The molecule has 1 aliphatic carbocycles. The number of hydrogen-bond acceptors (Lipinski definition) is 3. The van der Waals surface area contributed by atoms with E-state index in [2.05, 4.69) is 0 Å². The summed E-state index contributed by atoms with van der Waals surface area (Å²) in [6, 6.07) is 4.91. The van der Waals surface area contributed by atoms with E-state index in [0.717, 1.165) is 44.2 Å². The zero-order chi connectivity index (χ0) is 15.5. The minimum atomic E-state index is -4.57. The lowest BCUT2D eigenvalue weighted by Gasteiger charge is -2.33. The van der Waals surface area contributed by atoms with Crippen LogP contribution in [0.2, 0.25) is 0 Å². The number of halogens is 3. The molecule has 1 aromatic rings. The molecule has 114 valence electrons. The quantitative estimate of drug-likeness (QED) is 0.927. The van der Waals surface area contributed by atoms with Crippen LogP contribution in [0.25, 0.3) is 0 Å². The van der Waals surface area contributed by atoms with Crippen molar-refractivity contribution in [1.29, 1.82) is 5.26 Å². The Bertz CT molecular complexity index is 543. The number of nitriles is 1. The Kier molecular flexibility index (Phi) is 4.43. The standard InChI is InChI=1S/C15H17F3N2O/c16-15(17,18)13-8-12(5-4-11(13)9-19)21-10-14(20)6-2-1-3-7-14/h4-5,8H,1-3,6-7,10,20H2. The maximum atomic E-state index is 12.9. The van der Waals surface area contributed by atoms with E-state index in [0.29, 0.717) is 0 Å². The van der Waals surface area contributed by atoms with Crippen molar-refractivity contribution in [2.75, 3.05) is 6.61 Å². The highest BCUT2D eigenvalue weighted by Gasteiger charge is 2.34. The van der Waals surface area contributed by atoms with E-state index in [1.165, 1.54) is 6.07 Å². The van der Waals surface area contributed by atoms with Crippen molar-refractivity contribution in [1.82, 2.24) is 0 Å². The molecule has 0 aliphatic heterocycles. The summed E-state index contributed by atoms with van der Waals surface area (Å²) in [5.41, 5.74) is 4.34. The zero-order valence-corrected chi connectivity index (χ0v) is 11.5. The predicted octanol–water partition coefficient (Wildman–Crippen LogP) is 3.62. The Hall–Kier alpha value is -1.74. The van der Waals surface area contributed by atoms with Crippen LogP contribution in [-0.2, 0) is 6.18 Å². The lowest BCUT2D eigenvalue weighted by atomic mass is 9.83. The first-order valence-corrected chi connectivity index (χ1v) is 6.87. The topological polar surface area (TPSA) is 59.0 Å². The monoisotopic (exact) mass is 298 g/mol. The molecule has 1 aliphatic rings. The summed E-state index contributed by atoms with van der Waals surface area (Å²) in [6.45, 7) is 0.191. The van der Waals surface area contributed by atoms with Gasteiger partial charge in [-0.05, 0) is 31.0 Å². The van der Waals surface area contributed by atoms with E-state index in [1.54, 1.807) is 6.07 Å². The molecule has 0 aromatic heterocycles. The third-order valence-electron chi connectivity index (χ3n) is 3.79. The fraction of sp³-hybridized carbons (Fsp3) is 0.533. The van der Waals surface area contributed by atoms with Crippen molar-refractivity contribution >= 4 is 0 Å². The zero-order valence-electron chi connectivity index (χ0n) is 11.5. The Balaban J connectivity index is 2.12. The molecule has 21 heavy (non-hydrogen) atoms. The Morgan fingerprint density at radius 1 is 1.24 bits per heavy atom. The molecule has 0 atom stereocenters. The van der Waals surface area contributed by atoms with E-state index >= 15 is 0 Å². The normalized spacial score (nSPS) is 18.0. The van der Waals surface area contributed by atoms with Crippen LogP contribution in [0.3, 0.4) is 0 Å². The van der Waals surface area contributed by atoms with Crippen molar-refractivity contribution < 1.29 is 17.9 Å². The van der Waals surface area contributed by atoms with Gasteiger partial charge in [0.05, 0.1) is 22.7 Å². The molecule has 0 amide bonds. The third-order valence-corrected chi connectivity index (χ3v) is 3.79. The molecule has 0 radical (unpaired) electrons. The van der Waals surface area contributed by atoms with Crippen molar-refractivity contribution in [3.05, 3.63) is 29.3 Å². The molecule has 3 nitrogen and oxygen atoms in total. The van der Waals surface area contributed by atoms with Crippen molar-refractivity contribution in [2.24, 2.45) is 5.73 Å². The summed E-state index contributed by atoms with van der Waals surface area (Å²) >= 11 is 0. The number of nitrogens with two attached hydrogens (primary N) is 1. The third kappa shape index (κ3) is 3.88. The second-order valence-electron chi connectivity index (χ2n) is 5.53. The minimum absolute atomic E-state index is 0.0942. The number of ether oxygens (including phenoxy) is 1. The van der Waals surface area contributed by atoms with Crippen LogP contribution in [0.5, 0.6) is 5.75 Å². The van der Waals surface area contributed by atoms with Crippen LogP contribution in [0.1, 0.15) is 43.2 Å². The van der Waals surface area contributed by atoms with Gasteiger partial charge in [-0.15, -0.1) is 0 Å². The van der Waals surface area contributed by atoms with Crippen LogP contribution in [-0.4, -0.2) is 12.1 Å².